The molecular weight excluding hydrogens is 381 g/mol. The van der Waals surface area contributed by atoms with Crippen LogP contribution >= 0.6 is 0 Å². The van der Waals surface area contributed by atoms with Crippen molar-refractivity contribution >= 4 is 16.9 Å². The molecule has 0 atom stereocenters. The first kappa shape index (κ1) is 18.0. The quantitative estimate of drug-likeness (QED) is 0.470. The molecule has 2 aromatic carbocycles. The number of nitrogens with one attached hydrogen (secondary N) is 1. The van der Waals surface area contributed by atoms with E-state index in [0.717, 1.165) is 16.6 Å². The molecule has 0 radical (unpaired) electrons. The molecule has 30 heavy (non-hydrogen) atoms. The maximum atomic E-state index is 13.2. The van der Waals surface area contributed by atoms with Gasteiger partial charge in [-0.1, -0.05) is 24.3 Å². The third-order valence-electron chi connectivity index (χ3n) is 4.89. The van der Waals surface area contributed by atoms with Crippen LogP contribution in [0.1, 0.15) is 11.1 Å². The molecule has 0 amide bonds. The number of nitrogens with zero attached hydrogens (tertiary/aromatic N) is 6. The first-order valence-electron chi connectivity index (χ1n) is 9.51. The highest BCUT2D eigenvalue weighted by molar-refractivity contribution is 5.87. The molecule has 0 saturated heterocycles. The Morgan fingerprint density at radius 1 is 0.900 bits per heavy atom. The Hall–Kier alpha value is -4.07. The van der Waals surface area contributed by atoms with Gasteiger partial charge in [0.15, 0.2) is 5.65 Å². The predicted molar refractivity (Wildman–Crippen MR) is 112 cm³/mol. The average molecular weight is 399 g/mol. The highest BCUT2D eigenvalue weighted by Gasteiger charge is 2.12. The van der Waals surface area contributed by atoms with Crippen LogP contribution in [0.3, 0.4) is 0 Å². The van der Waals surface area contributed by atoms with Gasteiger partial charge in [-0.25, -0.2) is 19.0 Å². The molecule has 0 aliphatic heterocycles. The monoisotopic (exact) mass is 399 g/mol. The van der Waals surface area contributed by atoms with Crippen LogP contribution in [0.15, 0.2) is 79.5 Å². The maximum Gasteiger partial charge on any atom is 0.168 e. The average Bonchev–Trinajstić information content (AvgIpc) is 3.44. The summed E-state index contributed by atoms with van der Waals surface area (Å²) in [5.74, 6) is 0.406. The second-order valence-corrected chi connectivity index (χ2v) is 6.82. The third-order valence-corrected chi connectivity index (χ3v) is 4.89. The summed E-state index contributed by atoms with van der Waals surface area (Å²) in [5.41, 5.74) is 3.73. The summed E-state index contributed by atoms with van der Waals surface area (Å²) in [7, 11) is 0. The summed E-state index contributed by atoms with van der Waals surface area (Å²) in [4.78, 5) is 8.76. The van der Waals surface area contributed by atoms with Crippen molar-refractivity contribution in [2.45, 2.75) is 13.1 Å². The topological polar surface area (TPSA) is 73.5 Å². The second-order valence-electron chi connectivity index (χ2n) is 6.82. The standard InChI is InChI=1S/C22H18FN7/c23-18-6-8-19(9-7-18)30-22-20(13-28-30)21(25-15-26-22)24-12-16-4-1-2-5-17(16)14-29-11-3-10-27-29/h1-11,13,15H,12,14H2,(H,24,25,26). The lowest BCUT2D eigenvalue weighted by atomic mass is 10.1. The molecule has 3 aromatic heterocycles. The van der Waals surface area contributed by atoms with E-state index in [1.807, 2.05) is 29.1 Å². The van der Waals surface area contributed by atoms with Gasteiger partial charge in [-0.05, 0) is 41.5 Å². The Morgan fingerprint density at radius 3 is 2.53 bits per heavy atom. The van der Waals surface area contributed by atoms with E-state index in [0.29, 0.717) is 24.6 Å². The summed E-state index contributed by atoms with van der Waals surface area (Å²) < 4.78 is 16.8. The molecule has 0 aliphatic carbocycles. The number of fused-ring (bicyclic) bond motifs is 1. The Labute approximate surface area is 171 Å². The largest absolute Gasteiger partial charge is 0.365 e. The third kappa shape index (κ3) is 3.50. The number of hydrogen-bond donors (Lipinski definition) is 1. The molecule has 8 heteroatoms. The van der Waals surface area contributed by atoms with Gasteiger partial charge in [0.05, 0.1) is 23.8 Å². The zero-order chi connectivity index (χ0) is 20.3. The van der Waals surface area contributed by atoms with E-state index < -0.39 is 0 Å². The zero-order valence-electron chi connectivity index (χ0n) is 16.0. The molecule has 7 nitrogen and oxygen atoms in total. The van der Waals surface area contributed by atoms with Crippen molar-refractivity contribution in [3.63, 3.8) is 0 Å². The van der Waals surface area contributed by atoms with Gasteiger partial charge in [0.1, 0.15) is 18.0 Å². The van der Waals surface area contributed by atoms with Crippen molar-refractivity contribution in [1.82, 2.24) is 29.5 Å². The van der Waals surface area contributed by atoms with Crippen molar-refractivity contribution in [3.8, 4) is 5.69 Å². The SMILES string of the molecule is Fc1ccc(-n2ncc3c(NCc4ccccc4Cn4cccn4)ncnc32)cc1. The Balaban J connectivity index is 1.41. The van der Waals surface area contributed by atoms with Gasteiger partial charge >= 0.3 is 0 Å². The van der Waals surface area contributed by atoms with E-state index in [4.69, 9.17) is 0 Å². The molecule has 0 bridgehead atoms. The lowest BCUT2D eigenvalue weighted by molar-refractivity contribution is 0.627. The number of aromatic nitrogens is 6. The molecule has 5 rings (SSSR count). The number of benzene rings is 2. The van der Waals surface area contributed by atoms with E-state index in [-0.39, 0.29) is 5.82 Å². The summed E-state index contributed by atoms with van der Waals surface area (Å²) >= 11 is 0. The fraction of sp³-hybridized carbons (Fsp3) is 0.0909. The highest BCUT2D eigenvalue weighted by Crippen LogP contribution is 2.23. The van der Waals surface area contributed by atoms with E-state index >= 15 is 0 Å². The van der Waals surface area contributed by atoms with E-state index in [9.17, 15) is 4.39 Å². The first-order chi connectivity index (χ1) is 14.8. The summed E-state index contributed by atoms with van der Waals surface area (Å²) in [5, 5.41) is 12.9. The van der Waals surface area contributed by atoms with Crippen LogP contribution in [0.2, 0.25) is 0 Å². The molecule has 0 spiro atoms. The molecule has 1 N–H and O–H groups in total. The van der Waals surface area contributed by atoms with E-state index in [1.54, 1.807) is 29.2 Å². The zero-order valence-corrected chi connectivity index (χ0v) is 16.0. The predicted octanol–water partition coefficient (Wildman–Crippen LogP) is 3.81. The van der Waals surface area contributed by atoms with Crippen LogP contribution in [0, 0.1) is 5.82 Å². The Kier molecular flexibility index (Phi) is 4.65. The Bertz CT molecular complexity index is 1280. The lowest BCUT2D eigenvalue weighted by Crippen LogP contribution is -2.08. The van der Waals surface area contributed by atoms with Gasteiger partial charge < -0.3 is 5.32 Å². The van der Waals surface area contributed by atoms with Crippen molar-refractivity contribution in [1.29, 1.82) is 0 Å². The van der Waals surface area contributed by atoms with Crippen LogP contribution in [0.5, 0.6) is 0 Å². The van der Waals surface area contributed by atoms with Gasteiger partial charge in [-0.15, -0.1) is 0 Å². The highest BCUT2D eigenvalue weighted by atomic mass is 19.1. The van der Waals surface area contributed by atoms with Crippen molar-refractivity contribution < 1.29 is 4.39 Å². The van der Waals surface area contributed by atoms with Crippen LogP contribution < -0.4 is 5.32 Å². The number of halogens is 1. The van der Waals surface area contributed by atoms with Gasteiger partial charge in [0.2, 0.25) is 0 Å². The normalized spacial score (nSPS) is 11.1. The van der Waals surface area contributed by atoms with Crippen molar-refractivity contribution in [2.24, 2.45) is 0 Å². The molecule has 0 saturated carbocycles. The van der Waals surface area contributed by atoms with Gasteiger partial charge in [0.25, 0.3) is 0 Å². The summed E-state index contributed by atoms with van der Waals surface area (Å²) in [6, 6.07) is 16.3. The van der Waals surface area contributed by atoms with Crippen LogP contribution in [-0.4, -0.2) is 29.5 Å². The van der Waals surface area contributed by atoms with Crippen LogP contribution in [0.4, 0.5) is 10.2 Å². The maximum absolute atomic E-state index is 13.2. The lowest BCUT2D eigenvalue weighted by Gasteiger charge is -2.12. The minimum absolute atomic E-state index is 0.291. The van der Waals surface area contributed by atoms with Crippen LogP contribution in [0.25, 0.3) is 16.7 Å². The fourth-order valence-electron chi connectivity index (χ4n) is 3.39. The van der Waals surface area contributed by atoms with Gasteiger partial charge in [-0.3, -0.25) is 4.68 Å². The van der Waals surface area contributed by atoms with Gasteiger partial charge in [0, 0.05) is 18.9 Å². The fourth-order valence-corrected chi connectivity index (χ4v) is 3.39. The smallest absolute Gasteiger partial charge is 0.168 e. The first-order valence-corrected chi connectivity index (χ1v) is 9.51. The summed E-state index contributed by atoms with van der Waals surface area (Å²) in [6.45, 7) is 1.30. The molecule has 5 aromatic rings. The molecular formula is C22H18FN7. The molecule has 0 unspecified atom stereocenters. The van der Waals surface area contributed by atoms with Crippen molar-refractivity contribution in [2.75, 3.05) is 5.32 Å². The van der Waals surface area contributed by atoms with Crippen molar-refractivity contribution in [3.05, 3.63) is 96.5 Å². The number of rotatable bonds is 6. The summed E-state index contributed by atoms with van der Waals surface area (Å²) in [6.07, 6.45) is 6.94. The minimum atomic E-state index is -0.291. The molecule has 0 aliphatic rings. The molecule has 0 fully saturated rings. The van der Waals surface area contributed by atoms with E-state index in [1.165, 1.54) is 24.0 Å². The molecule has 3 heterocycles. The van der Waals surface area contributed by atoms with Crippen LogP contribution in [-0.2, 0) is 13.1 Å². The number of hydrogen-bond acceptors (Lipinski definition) is 5. The molecule has 148 valence electrons. The van der Waals surface area contributed by atoms with Gasteiger partial charge in [-0.2, -0.15) is 10.2 Å². The Morgan fingerprint density at radius 2 is 1.73 bits per heavy atom. The minimum Gasteiger partial charge on any atom is -0.365 e. The number of anilines is 1. The second kappa shape index (κ2) is 7.75. The van der Waals surface area contributed by atoms with E-state index in [2.05, 4.69) is 37.6 Å².